The van der Waals surface area contributed by atoms with Gasteiger partial charge in [0.25, 0.3) is 11.2 Å². The van der Waals surface area contributed by atoms with Crippen LogP contribution < -0.4 is 14.8 Å². The molecule has 0 fully saturated rings. The number of ether oxygens (including phenoxy) is 1. The van der Waals surface area contributed by atoms with Crippen LogP contribution in [0.25, 0.3) is 22.4 Å². The Morgan fingerprint density at radius 3 is 2.68 bits per heavy atom. The van der Waals surface area contributed by atoms with E-state index in [0.29, 0.717) is 31.7 Å². The molecular formula is C23H14ClN5O4S. The average molecular weight is 492 g/mol. The van der Waals surface area contributed by atoms with Gasteiger partial charge >= 0.3 is 0 Å². The molecule has 11 heteroatoms. The molecule has 0 aliphatic carbocycles. The molecule has 0 N–H and O–H groups in total. The highest BCUT2D eigenvalue weighted by molar-refractivity contribution is 7.15. The molecule has 2 aromatic carbocycles. The Balaban J connectivity index is 1.55. The third kappa shape index (κ3) is 4.24. The third-order valence-electron chi connectivity index (χ3n) is 4.95. The summed E-state index contributed by atoms with van der Waals surface area (Å²) in [7, 11) is 0. The summed E-state index contributed by atoms with van der Waals surface area (Å²) in [6.45, 7) is 0.160. The van der Waals surface area contributed by atoms with Gasteiger partial charge in [-0.25, -0.2) is 0 Å². The number of hydrogen-bond donors (Lipinski definition) is 0. The Morgan fingerprint density at radius 2 is 1.94 bits per heavy atom. The second kappa shape index (κ2) is 9.00. The van der Waals surface area contributed by atoms with Crippen LogP contribution in [0.1, 0.15) is 11.1 Å². The number of thiazole rings is 1. The van der Waals surface area contributed by atoms with Gasteiger partial charge in [-0.2, -0.15) is 9.50 Å². The number of nitrogens with zero attached hydrogens (tertiary/aromatic N) is 5. The minimum absolute atomic E-state index is 0.122. The molecule has 3 heterocycles. The molecule has 0 bridgehead atoms. The third-order valence-corrected chi connectivity index (χ3v) is 6.28. The largest absolute Gasteiger partial charge is 0.488 e. The maximum atomic E-state index is 13.0. The summed E-state index contributed by atoms with van der Waals surface area (Å²) in [5, 5.41) is 16.2. The van der Waals surface area contributed by atoms with Gasteiger partial charge in [0, 0.05) is 46.2 Å². The number of nitro benzene ring substituents is 1. The van der Waals surface area contributed by atoms with Crippen molar-refractivity contribution in [2.24, 2.45) is 0 Å². The highest BCUT2D eigenvalue weighted by Crippen LogP contribution is 2.27. The van der Waals surface area contributed by atoms with E-state index in [1.54, 1.807) is 36.7 Å². The van der Waals surface area contributed by atoms with E-state index < -0.39 is 4.92 Å². The maximum absolute atomic E-state index is 13.0. The molecule has 0 unspecified atom stereocenters. The van der Waals surface area contributed by atoms with Crippen LogP contribution in [0.2, 0.25) is 5.02 Å². The predicted molar refractivity (Wildman–Crippen MR) is 128 cm³/mol. The minimum atomic E-state index is -0.503. The van der Waals surface area contributed by atoms with Gasteiger partial charge < -0.3 is 4.74 Å². The van der Waals surface area contributed by atoms with E-state index in [4.69, 9.17) is 16.3 Å². The van der Waals surface area contributed by atoms with Crippen molar-refractivity contribution in [3.05, 3.63) is 108 Å². The fraction of sp³-hybridized carbons (Fsp3) is 0.0435. The van der Waals surface area contributed by atoms with Crippen molar-refractivity contribution in [2.45, 2.75) is 6.61 Å². The highest BCUT2D eigenvalue weighted by atomic mass is 35.5. The predicted octanol–water partition coefficient (Wildman–Crippen LogP) is 3.90. The first-order valence-electron chi connectivity index (χ1n) is 9.96. The molecule has 0 saturated heterocycles. The molecule has 3 aromatic heterocycles. The van der Waals surface area contributed by atoms with Crippen LogP contribution in [0.15, 0.2) is 71.8 Å². The van der Waals surface area contributed by atoms with Crippen LogP contribution in [0.4, 0.5) is 5.69 Å². The zero-order chi connectivity index (χ0) is 23.7. The molecule has 0 amide bonds. The molecule has 168 valence electrons. The van der Waals surface area contributed by atoms with Gasteiger partial charge in [-0.1, -0.05) is 41.1 Å². The van der Waals surface area contributed by atoms with E-state index in [-0.39, 0.29) is 17.9 Å². The summed E-state index contributed by atoms with van der Waals surface area (Å²) < 4.78 is 7.44. The molecule has 34 heavy (non-hydrogen) atoms. The number of benzene rings is 2. The van der Waals surface area contributed by atoms with Gasteiger partial charge in [0.1, 0.15) is 12.4 Å². The van der Waals surface area contributed by atoms with E-state index in [2.05, 4.69) is 15.1 Å². The van der Waals surface area contributed by atoms with Crippen molar-refractivity contribution in [3.63, 3.8) is 0 Å². The van der Waals surface area contributed by atoms with Gasteiger partial charge in [0.05, 0.1) is 9.46 Å². The molecule has 0 spiro atoms. The monoisotopic (exact) mass is 491 g/mol. The van der Waals surface area contributed by atoms with Crippen molar-refractivity contribution >= 4 is 39.7 Å². The quantitative estimate of drug-likeness (QED) is 0.261. The van der Waals surface area contributed by atoms with E-state index >= 15 is 0 Å². The molecule has 0 atom stereocenters. The Labute approximate surface area is 200 Å². The molecule has 0 aliphatic rings. The zero-order valence-electron chi connectivity index (χ0n) is 17.3. The van der Waals surface area contributed by atoms with Gasteiger partial charge in [-0.05, 0) is 30.3 Å². The molecule has 5 aromatic rings. The van der Waals surface area contributed by atoms with Crippen LogP contribution in [0, 0.1) is 10.1 Å². The molecule has 0 saturated carbocycles. The van der Waals surface area contributed by atoms with E-state index in [1.165, 1.54) is 22.7 Å². The number of non-ortho nitro benzene ring substituents is 1. The zero-order valence-corrected chi connectivity index (χ0v) is 18.9. The Bertz CT molecular complexity index is 1630. The van der Waals surface area contributed by atoms with Crippen LogP contribution in [0.5, 0.6) is 5.75 Å². The number of rotatable bonds is 6. The van der Waals surface area contributed by atoms with Crippen LogP contribution in [-0.2, 0) is 6.61 Å². The normalized spacial score (nSPS) is 11.7. The van der Waals surface area contributed by atoms with Crippen LogP contribution in [-0.4, -0.2) is 24.5 Å². The maximum Gasteiger partial charge on any atom is 0.291 e. The number of pyridine rings is 1. The summed E-state index contributed by atoms with van der Waals surface area (Å²) >= 11 is 7.33. The summed E-state index contributed by atoms with van der Waals surface area (Å²) in [5.74, 6) is 0.790. The van der Waals surface area contributed by atoms with Crippen molar-refractivity contribution in [2.75, 3.05) is 0 Å². The number of halogens is 1. The minimum Gasteiger partial charge on any atom is -0.488 e. The van der Waals surface area contributed by atoms with Crippen molar-refractivity contribution in [1.82, 2.24) is 19.6 Å². The van der Waals surface area contributed by atoms with Gasteiger partial charge in [0.2, 0.25) is 4.96 Å². The van der Waals surface area contributed by atoms with E-state index in [0.717, 1.165) is 22.5 Å². The second-order valence-corrected chi connectivity index (χ2v) is 8.56. The van der Waals surface area contributed by atoms with Gasteiger partial charge in [-0.15, -0.1) is 5.10 Å². The van der Waals surface area contributed by atoms with E-state index in [1.807, 2.05) is 18.2 Å². The van der Waals surface area contributed by atoms with Crippen LogP contribution in [0.3, 0.4) is 0 Å². The first-order chi connectivity index (χ1) is 16.5. The lowest BCUT2D eigenvalue weighted by atomic mass is 10.1. The van der Waals surface area contributed by atoms with Crippen molar-refractivity contribution in [3.8, 4) is 17.1 Å². The topological polar surface area (TPSA) is 113 Å². The summed E-state index contributed by atoms with van der Waals surface area (Å²) in [6, 6.07) is 14.9. The van der Waals surface area contributed by atoms with Crippen molar-refractivity contribution < 1.29 is 9.66 Å². The Kier molecular flexibility index (Phi) is 5.74. The fourth-order valence-electron chi connectivity index (χ4n) is 3.26. The SMILES string of the molecule is O=c1/c(=C/c2cc([N+](=O)[O-])ccc2OCc2ccccc2Cl)sc2nc(-c3ccncc3)nn12. The molecule has 5 rings (SSSR count). The summed E-state index contributed by atoms with van der Waals surface area (Å²) in [6.07, 6.45) is 4.78. The lowest BCUT2D eigenvalue weighted by Crippen LogP contribution is -2.23. The molecule has 0 radical (unpaired) electrons. The highest BCUT2D eigenvalue weighted by Gasteiger charge is 2.15. The number of fused-ring (bicyclic) bond motifs is 1. The lowest BCUT2D eigenvalue weighted by Gasteiger charge is -2.10. The fourth-order valence-corrected chi connectivity index (χ4v) is 4.35. The average Bonchev–Trinajstić information content (AvgIpc) is 3.39. The molecule has 0 aliphatic heterocycles. The molecular weight excluding hydrogens is 478 g/mol. The van der Waals surface area contributed by atoms with E-state index in [9.17, 15) is 14.9 Å². The number of aromatic nitrogens is 4. The summed E-state index contributed by atoms with van der Waals surface area (Å²) in [5.41, 5.74) is 1.39. The number of nitro groups is 1. The Morgan fingerprint density at radius 1 is 1.15 bits per heavy atom. The molecule has 9 nitrogen and oxygen atoms in total. The summed E-state index contributed by atoms with van der Waals surface area (Å²) in [4.78, 5) is 32.6. The first kappa shape index (κ1) is 21.7. The second-order valence-electron chi connectivity index (χ2n) is 7.14. The Hall–Kier alpha value is -4.15. The van der Waals surface area contributed by atoms with Crippen molar-refractivity contribution in [1.29, 1.82) is 0 Å². The standard InChI is InChI=1S/C23H14ClN5O4S/c24-18-4-2-1-3-15(18)13-33-19-6-5-17(29(31)32)11-16(19)12-20-22(30)28-23(34-20)26-21(27-28)14-7-9-25-10-8-14/h1-12H,13H2/b20-12-. The lowest BCUT2D eigenvalue weighted by molar-refractivity contribution is -0.384. The van der Waals surface area contributed by atoms with Crippen LogP contribution >= 0.6 is 22.9 Å². The van der Waals surface area contributed by atoms with Gasteiger partial charge in [-0.3, -0.25) is 19.9 Å². The number of hydrogen-bond acceptors (Lipinski definition) is 8. The first-order valence-corrected chi connectivity index (χ1v) is 11.2. The van der Waals surface area contributed by atoms with Gasteiger partial charge in [0.15, 0.2) is 5.82 Å². The smallest absolute Gasteiger partial charge is 0.291 e.